The van der Waals surface area contributed by atoms with Gasteiger partial charge in [-0.25, -0.2) is 9.67 Å². The molecule has 2 aromatic heterocycles. The maximum absolute atomic E-state index is 12.4. The molecule has 0 saturated heterocycles. The number of nitrogens with zero attached hydrogens (tertiary/aromatic N) is 5. The Kier molecular flexibility index (Phi) is 3.98. The lowest BCUT2D eigenvalue weighted by Gasteiger charge is -2.04. The molecule has 0 bridgehead atoms. The molecule has 0 fully saturated rings. The van der Waals surface area contributed by atoms with E-state index in [1.54, 1.807) is 16.9 Å². The monoisotopic (exact) mass is 345 g/mol. The molecule has 0 aliphatic heterocycles. The molecule has 128 valence electrons. The van der Waals surface area contributed by atoms with Crippen molar-refractivity contribution in [3.05, 3.63) is 72.3 Å². The normalized spacial score (nSPS) is 10.7. The summed E-state index contributed by atoms with van der Waals surface area (Å²) in [5.74, 6) is 0.969. The van der Waals surface area contributed by atoms with Crippen LogP contribution >= 0.6 is 0 Å². The molecular formula is C18H15N7O. The SMILES string of the molecule is Cc1nc(-c2cccc(NC(=O)c3cn(-c4ccccc4)nn3)c2)n[nH]1. The molecule has 4 rings (SSSR count). The average molecular weight is 345 g/mol. The van der Waals surface area contributed by atoms with Crippen LogP contribution in [0.5, 0.6) is 0 Å². The van der Waals surface area contributed by atoms with Crippen LogP contribution in [0.15, 0.2) is 60.8 Å². The van der Waals surface area contributed by atoms with Crippen molar-refractivity contribution in [1.82, 2.24) is 30.2 Å². The van der Waals surface area contributed by atoms with E-state index in [-0.39, 0.29) is 11.6 Å². The summed E-state index contributed by atoms with van der Waals surface area (Å²) in [6, 6.07) is 16.8. The predicted octanol–water partition coefficient (Wildman–Crippen LogP) is 2.61. The fourth-order valence-electron chi connectivity index (χ4n) is 2.48. The Morgan fingerprint density at radius 1 is 1.12 bits per heavy atom. The van der Waals surface area contributed by atoms with Crippen molar-refractivity contribution in [3.63, 3.8) is 0 Å². The third-order valence-electron chi connectivity index (χ3n) is 3.72. The third-order valence-corrected chi connectivity index (χ3v) is 3.72. The molecule has 0 radical (unpaired) electrons. The minimum atomic E-state index is -0.338. The molecule has 2 aromatic carbocycles. The summed E-state index contributed by atoms with van der Waals surface area (Å²) in [5.41, 5.74) is 2.50. The average Bonchev–Trinajstić information content (AvgIpc) is 3.32. The molecule has 0 spiro atoms. The number of aromatic nitrogens is 6. The van der Waals surface area contributed by atoms with Gasteiger partial charge in [-0.1, -0.05) is 35.5 Å². The molecule has 2 heterocycles. The molecule has 4 aromatic rings. The van der Waals surface area contributed by atoms with Gasteiger partial charge in [-0.15, -0.1) is 5.10 Å². The number of hydrogen-bond acceptors (Lipinski definition) is 5. The predicted molar refractivity (Wildman–Crippen MR) is 95.9 cm³/mol. The van der Waals surface area contributed by atoms with Crippen molar-refractivity contribution in [2.75, 3.05) is 5.32 Å². The minimum Gasteiger partial charge on any atom is -0.321 e. The lowest BCUT2D eigenvalue weighted by Crippen LogP contribution is -2.12. The number of nitrogens with one attached hydrogen (secondary N) is 2. The Labute approximate surface area is 148 Å². The summed E-state index contributed by atoms with van der Waals surface area (Å²) < 4.78 is 1.56. The van der Waals surface area contributed by atoms with Gasteiger partial charge in [0.1, 0.15) is 5.82 Å². The maximum atomic E-state index is 12.4. The van der Waals surface area contributed by atoms with Crippen molar-refractivity contribution in [3.8, 4) is 17.1 Å². The number of benzene rings is 2. The van der Waals surface area contributed by atoms with E-state index in [9.17, 15) is 4.79 Å². The van der Waals surface area contributed by atoms with E-state index < -0.39 is 0 Å². The first-order valence-electron chi connectivity index (χ1n) is 7.97. The van der Waals surface area contributed by atoms with Gasteiger partial charge in [0.2, 0.25) is 0 Å². The lowest BCUT2D eigenvalue weighted by atomic mass is 10.2. The second kappa shape index (κ2) is 6.60. The first kappa shape index (κ1) is 15.7. The zero-order chi connectivity index (χ0) is 17.9. The largest absolute Gasteiger partial charge is 0.321 e. The number of carbonyl (C=O) groups excluding carboxylic acids is 1. The van der Waals surface area contributed by atoms with Crippen LogP contribution in [0.1, 0.15) is 16.3 Å². The summed E-state index contributed by atoms with van der Waals surface area (Å²) in [4.78, 5) is 16.7. The third kappa shape index (κ3) is 3.20. The van der Waals surface area contributed by atoms with Gasteiger partial charge < -0.3 is 5.32 Å². The van der Waals surface area contributed by atoms with Crippen molar-refractivity contribution < 1.29 is 4.79 Å². The number of aryl methyl sites for hydroxylation is 1. The van der Waals surface area contributed by atoms with Gasteiger partial charge in [0.15, 0.2) is 11.5 Å². The Morgan fingerprint density at radius 3 is 2.73 bits per heavy atom. The molecule has 0 atom stereocenters. The molecule has 26 heavy (non-hydrogen) atoms. The number of para-hydroxylation sites is 1. The van der Waals surface area contributed by atoms with Crippen molar-refractivity contribution >= 4 is 11.6 Å². The van der Waals surface area contributed by atoms with Gasteiger partial charge in [-0.3, -0.25) is 9.89 Å². The standard InChI is InChI=1S/C18H15N7O/c1-12-19-17(23-21-12)13-6-5-7-14(10-13)20-18(26)16-11-25(24-22-16)15-8-3-2-4-9-15/h2-11H,1H3,(H,20,26)(H,19,21,23). The van der Waals surface area contributed by atoms with Crippen LogP contribution in [0.2, 0.25) is 0 Å². The van der Waals surface area contributed by atoms with Crippen LogP contribution in [0.4, 0.5) is 5.69 Å². The van der Waals surface area contributed by atoms with E-state index in [1.165, 1.54) is 0 Å². The van der Waals surface area contributed by atoms with Crippen LogP contribution in [0.25, 0.3) is 17.1 Å². The number of anilines is 1. The Morgan fingerprint density at radius 2 is 1.96 bits per heavy atom. The second-order valence-electron chi connectivity index (χ2n) is 5.66. The smallest absolute Gasteiger partial charge is 0.277 e. The number of rotatable bonds is 4. The van der Waals surface area contributed by atoms with Gasteiger partial charge in [-0.2, -0.15) is 5.10 Å². The summed E-state index contributed by atoms with van der Waals surface area (Å²) in [5, 5.41) is 17.7. The van der Waals surface area contributed by atoms with Crippen LogP contribution in [0, 0.1) is 6.92 Å². The van der Waals surface area contributed by atoms with Crippen molar-refractivity contribution in [2.45, 2.75) is 6.92 Å². The maximum Gasteiger partial charge on any atom is 0.277 e. The molecule has 0 unspecified atom stereocenters. The molecule has 1 amide bonds. The van der Waals surface area contributed by atoms with Crippen LogP contribution in [-0.2, 0) is 0 Å². The van der Waals surface area contributed by atoms with Gasteiger partial charge >= 0.3 is 0 Å². The van der Waals surface area contributed by atoms with E-state index in [2.05, 4.69) is 30.8 Å². The fourth-order valence-corrected chi connectivity index (χ4v) is 2.48. The van der Waals surface area contributed by atoms with E-state index in [0.717, 1.165) is 17.1 Å². The highest BCUT2D eigenvalue weighted by atomic mass is 16.2. The molecular weight excluding hydrogens is 330 g/mol. The molecule has 0 aliphatic rings. The van der Waals surface area contributed by atoms with E-state index >= 15 is 0 Å². The quantitative estimate of drug-likeness (QED) is 0.592. The number of amides is 1. The summed E-state index contributed by atoms with van der Waals surface area (Å²) in [6.45, 7) is 1.83. The zero-order valence-electron chi connectivity index (χ0n) is 13.9. The van der Waals surface area contributed by atoms with Crippen molar-refractivity contribution in [2.24, 2.45) is 0 Å². The second-order valence-corrected chi connectivity index (χ2v) is 5.66. The minimum absolute atomic E-state index is 0.230. The van der Waals surface area contributed by atoms with Crippen LogP contribution < -0.4 is 5.32 Å². The first-order valence-corrected chi connectivity index (χ1v) is 7.97. The summed E-state index contributed by atoms with van der Waals surface area (Å²) >= 11 is 0. The summed E-state index contributed by atoms with van der Waals surface area (Å²) in [7, 11) is 0. The molecule has 0 saturated carbocycles. The summed E-state index contributed by atoms with van der Waals surface area (Å²) in [6.07, 6.45) is 1.59. The highest BCUT2D eigenvalue weighted by Gasteiger charge is 2.13. The van der Waals surface area contributed by atoms with Gasteiger partial charge in [0, 0.05) is 11.3 Å². The molecule has 8 heteroatoms. The number of H-pyrrole nitrogens is 1. The van der Waals surface area contributed by atoms with Crippen molar-refractivity contribution in [1.29, 1.82) is 0 Å². The van der Waals surface area contributed by atoms with Gasteiger partial charge in [0.25, 0.3) is 5.91 Å². The van der Waals surface area contributed by atoms with Gasteiger partial charge in [-0.05, 0) is 31.2 Å². The number of hydrogen-bond donors (Lipinski definition) is 2. The van der Waals surface area contributed by atoms with Gasteiger partial charge in [0.05, 0.1) is 11.9 Å². The molecule has 2 N–H and O–H groups in total. The van der Waals surface area contributed by atoms with E-state index in [0.29, 0.717) is 11.5 Å². The Bertz CT molecular complexity index is 1050. The van der Waals surface area contributed by atoms with E-state index in [1.807, 2.05) is 55.5 Å². The Balaban J connectivity index is 1.53. The first-order chi connectivity index (χ1) is 12.7. The fraction of sp³-hybridized carbons (Fsp3) is 0.0556. The molecule has 8 nitrogen and oxygen atoms in total. The Hall–Kier alpha value is -3.81. The molecule has 0 aliphatic carbocycles. The van der Waals surface area contributed by atoms with Crippen LogP contribution in [-0.4, -0.2) is 36.1 Å². The zero-order valence-corrected chi connectivity index (χ0v) is 13.9. The topological polar surface area (TPSA) is 101 Å². The number of carbonyl (C=O) groups is 1. The highest BCUT2D eigenvalue weighted by molar-refractivity contribution is 6.02. The van der Waals surface area contributed by atoms with Crippen LogP contribution in [0.3, 0.4) is 0 Å². The highest BCUT2D eigenvalue weighted by Crippen LogP contribution is 2.19. The number of aromatic amines is 1. The van der Waals surface area contributed by atoms with E-state index in [4.69, 9.17) is 0 Å². The lowest BCUT2D eigenvalue weighted by molar-refractivity contribution is 0.102.